The lowest BCUT2D eigenvalue weighted by Gasteiger charge is -2.06. The summed E-state index contributed by atoms with van der Waals surface area (Å²) in [7, 11) is 2.67. The molecule has 4 rings (SSSR count). The number of nitrogens with zero attached hydrogens (tertiary/aromatic N) is 2. The van der Waals surface area contributed by atoms with E-state index >= 15 is 0 Å². The van der Waals surface area contributed by atoms with Gasteiger partial charge in [0.25, 0.3) is 0 Å². The SMILES string of the molecule is BrCc1ccccc1.COC(=O)Nc1c[n+](Cc2ccccc2)ccc1C.COC(=O)Nc1cnccc1C.[Br-]. The second-order valence-corrected chi connectivity index (χ2v) is 8.80. The Morgan fingerprint density at radius 1 is 0.800 bits per heavy atom. The van der Waals surface area contributed by atoms with E-state index < -0.39 is 12.2 Å². The Morgan fingerprint density at radius 2 is 1.32 bits per heavy atom. The Hall–Kier alpha value is -3.76. The summed E-state index contributed by atoms with van der Waals surface area (Å²) in [6.07, 6.45) is 6.19. The van der Waals surface area contributed by atoms with Crippen molar-refractivity contribution < 1.29 is 40.6 Å². The van der Waals surface area contributed by atoms with Crippen LogP contribution in [0.5, 0.6) is 0 Å². The van der Waals surface area contributed by atoms with Crippen LogP contribution in [0.3, 0.4) is 0 Å². The molecule has 0 fully saturated rings. The zero-order chi connectivity index (χ0) is 28.5. The fraction of sp³-hybridized carbons (Fsp3) is 0.200. The van der Waals surface area contributed by atoms with Gasteiger partial charge in [-0.05, 0) is 36.6 Å². The number of rotatable bonds is 5. The van der Waals surface area contributed by atoms with Crippen LogP contribution in [0, 0.1) is 13.8 Å². The minimum atomic E-state index is -0.480. The van der Waals surface area contributed by atoms with E-state index in [0.29, 0.717) is 5.69 Å². The Balaban J connectivity index is 0.000000326. The number of hydrogen-bond donors (Lipinski definition) is 2. The first kappa shape index (κ1) is 34.3. The molecule has 2 amide bonds. The molecule has 0 aliphatic carbocycles. The number of nitrogens with one attached hydrogen (secondary N) is 2. The quantitative estimate of drug-likeness (QED) is 0.249. The minimum absolute atomic E-state index is 0. The van der Waals surface area contributed by atoms with Crippen LogP contribution in [-0.2, 0) is 21.3 Å². The van der Waals surface area contributed by atoms with E-state index in [2.05, 4.69) is 65.3 Å². The molecule has 0 aliphatic heterocycles. The first-order chi connectivity index (χ1) is 18.9. The number of hydrogen-bond acceptors (Lipinski definition) is 5. The van der Waals surface area contributed by atoms with Gasteiger partial charge >= 0.3 is 12.2 Å². The molecule has 10 heteroatoms. The average Bonchev–Trinajstić information content (AvgIpc) is 2.97. The van der Waals surface area contributed by atoms with Crippen LogP contribution < -0.4 is 32.2 Å². The van der Waals surface area contributed by atoms with Crippen molar-refractivity contribution in [2.75, 3.05) is 24.9 Å². The van der Waals surface area contributed by atoms with Gasteiger partial charge in [-0.2, -0.15) is 4.57 Å². The number of amides is 2. The first-order valence-corrected chi connectivity index (χ1v) is 13.2. The highest BCUT2D eigenvalue weighted by molar-refractivity contribution is 9.08. The van der Waals surface area contributed by atoms with Crippen molar-refractivity contribution in [1.82, 2.24) is 4.98 Å². The third-order valence-corrected chi connectivity index (χ3v) is 5.97. The van der Waals surface area contributed by atoms with Gasteiger partial charge in [-0.15, -0.1) is 0 Å². The van der Waals surface area contributed by atoms with Gasteiger partial charge in [0.1, 0.15) is 5.69 Å². The molecule has 0 aliphatic rings. The molecule has 4 aromatic rings. The molecule has 0 bridgehead atoms. The Morgan fingerprint density at radius 3 is 1.82 bits per heavy atom. The molecule has 2 N–H and O–H groups in total. The maximum atomic E-state index is 11.3. The predicted octanol–water partition coefficient (Wildman–Crippen LogP) is 3.66. The Bertz CT molecular complexity index is 1310. The number of alkyl halides is 1. The van der Waals surface area contributed by atoms with Crippen LogP contribution in [-0.4, -0.2) is 31.4 Å². The molecule has 0 radical (unpaired) electrons. The van der Waals surface area contributed by atoms with Gasteiger partial charge in [0.05, 0.1) is 26.1 Å². The number of benzene rings is 2. The monoisotopic (exact) mass is 672 g/mol. The largest absolute Gasteiger partial charge is 1.00 e. The lowest BCUT2D eigenvalue weighted by atomic mass is 10.2. The minimum Gasteiger partial charge on any atom is -1.00 e. The molecule has 0 spiro atoms. The van der Waals surface area contributed by atoms with Crippen LogP contribution in [0.4, 0.5) is 21.0 Å². The second-order valence-electron chi connectivity index (χ2n) is 8.24. The van der Waals surface area contributed by atoms with Crippen LogP contribution in [0.1, 0.15) is 22.3 Å². The maximum Gasteiger partial charge on any atom is 0.411 e. The number of anilines is 2. The van der Waals surface area contributed by atoms with Crippen LogP contribution in [0.25, 0.3) is 0 Å². The van der Waals surface area contributed by atoms with E-state index in [4.69, 9.17) is 0 Å². The summed E-state index contributed by atoms with van der Waals surface area (Å²) in [4.78, 5) is 25.9. The van der Waals surface area contributed by atoms with Gasteiger partial charge in [0.2, 0.25) is 0 Å². The fourth-order valence-corrected chi connectivity index (χ4v) is 3.49. The predicted molar refractivity (Wildman–Crippen MR) is 157 cm³/mol. The van der Waals surface area contributed by atoms with Gasteiger partial charge in [-0.1, -0.05) is 76.6 Å². The van der Waals surface area contributed by atoms with E-state index in [9.17, 15) is 9.59 Å². The smallest absolute Gasteiger partial charge is 0.411 e. The van der Waals surface area contributed by atoms with E-state index in [-0.39, 0.29) is 17.0 Å². The Kier molecular flexibility index (Phi) is 16.6. The summed E-state index contributed by atoms with van der Waals surface area (Å²) >= 11 is 3.36. The van der Waals surface area contributed by atoms with Crippen molar-refractivity contribution in [3.8, 4) is 0 Å². The normalized spacial score (nSPS) is 9.32. The highest BCUT2D eigenvalue weighted by Crippen LogP contribution is 2.12. The molecule has 212 valence electrons. The van der Waals surface area contributed by atoms with Gasteiger partial charge in [0.15, 0.2) is 18.9 Å². The van der Waals surface area contributed by atoms with Crippen molar-refractivity contribution in [3.05, 3.63) is 120 Å². The van der Waals surface area contributed by atoms with Crippen molar-refractivity contribution >= 4 is 39.5 Å². The van der Waals surface area contributed by atoms with Gasteiger partial charge in [0, 0.05) is 23.2 Å². The molecule has 2 heterocycles. The number of carbonyl (C=O) groups is 2. The van der Waals surface area contributed by atoms with Crippen molar-refractivity contribution in [2.45, 2.75) is 25.7 Å². The zero-order valence-corrected chi connectivity index (χ0v) is 26.1. The molecule has 0 saturated carbocycles. The molecule has 0 saturated heterocycles. The molecule has 8 nitrogen and oxygen atoms in total. The van der Waals surface area contributed by atoms with Crippen molar-refractivity contribution in [1.29, 1.82) is 0 Å². The highest BCUT2D eigenvalue weighted by Gasteiger charge is 2.10. The van der Waals surface area contributed by atoms with Crippen LogP contribution >= 0.6 is 15.9 Å². The lowest BCUT2D eigenvalue weighted by Crippen LogP contribution is -3.00. The van der Waals surface area contributed by atoms with Crippen LogP contribution in [0.2, 0.25) is 0 Å². The number of pyridine rings is 2. The molecular formula is C30H34Br2N4O4. The summed E-state index contributed by atoms with van der Waals surface area (Å²) in [6.45, 7) is 4.59. The number of halogens is 2. The molecule has 2 aromatic heterocycles. The van der Waals surface area contributed by atoms with Crippen molar-refractivity contribution in [2.24, 2.45) is 0 Å². The molecule has 0 unspecified atom stereocenters. The summed E-state index contributed by atoms with van der Waals surface area (Å²) < 4.78 is 11.1. The van der Waals surface area contributed by atoms with Gasteiger partial charge in [-0.3, -0.25) is 15.6 Å². The lowest BCUT2D eigenvalue weighted by molar-refractivity contribution is -0.687. The Labute approximate surface area is 254 Å². The highest BCUT2D eigenvalue weighted by atomic mass is 79.9. The number of aromatic nitrogens is 2. The number of methoxy groups -OCH3 is 2. The molecule has 40 heavy (non-hydrogen) atoms. The third-order valence-electron chi connectivity index (χ3n) is 5.32. The van der Waals surface area contributed by atoms with Crippen LogP contribution in [0.15, 0.2) is 97.6 Å². The summed E-state index contributed by atoms with van der Waals surface area (Å²) in [6, 6.07) is 24.2. The number of carbonyl (C=O) groups excluding carboxylic acids is 2. The zero-order valence-electron chi connectivity index (χ0n) is 22.9. The van der Waals surface area contributed by atoms with Crippen molar-refractivity contribution in [3.63, 3.8) is 0 Å². The number of aryl methyl sites for hydroxylation is 2. The average molecular weight is 674 g/mol. The summed E-state index contributed by atoms with van der Waals surface area (Å²) in [5.74, 6) is 0. The van der Waals surface area contributed by atoms with E-state index in [0.717, 1.165) is 28.7 Å². The maximum absolute atomic E-state index is 11.3. The standard InChI is InChI=1S/C15H16N2O2.C8H10N2O2.C7H7Br.BrH/c1-12-8-9-17(10-13-6-4-3-5-7-13)11-14(12)16-15(18)19-2;1-6-3-4-9-5-7(6)10-8(11)12-2;8-6-7-4-2-1-3-5-7;/h3-9,11H,10H2,1-2H3;3-5H,1-2H3,(H,10,11);1-5H,6H2;1H. The first-order valence-electron chi connectivity index (χ1n) is 12.1. The fourth-order valence-electron chi connectivity index (χ4n) is 3.12. The molecule has 2 aromatic carbocycles. The molecule has 0 atom stereocenters. The van der Waals surface area contributed by atoms with E-state index in [1.54, 1.807) is 12.4 Å². The summed E-state index contributed by atoms with van der Waals surface area (Å²) in [5.41, 5.74) is 5.91. The second kappa shape index (κ2) is 19.3. The summed E-state index contributed by atoms with van der Waals surface area (Å²) in [5, 5.41) is 6.19. The van der Waals surface area contributed by atoms with E-state index in [1.165, 1.54) is 25.3 Å². The number of ether oxygens (including phenoxy) is 2. The van der Waals surface area contributed by atoms with Gasteiger partial charge < -0.3 is 26.5 Å². The molecular weight excluding hydrogens is 640 g/mol. The van der Waals surface area contributed by atoms with E-state index in [1.807, 2.05) is 79.3 Å². The third kappa shape index (κ3) is 12.9. The topological polar surface area (TPSA) is 93.4 Å². The van der Waals surface area contributed by atoms with Gasteiger partial charge in [-0.25, -0.2) is 9.59 Å².